The van der Waals surface area contributed by atoms with E-state index in [0.717, 1.165) is 89.1 Å². The lowest BCUT2D eigenvalue weighted by molar-refractivity contribution is 0.628. The molecule has 2 aliphatic heterocycles. The van der Waals surface area contributed by atoms with Crippen molar-refractivity contribution >= 4 is 56.5 Å². The summed E-state index contributed by atoms with van der Waals surface area (Å²) in [5.74, 6) is 2.12. The predicted octanol–water partition coefficient (Wildman–Crippen LogP) is 10.6. The summed E-state index contributed by atoms with van der Waals surface area (Å²) in [5.41, 5.74) is 10.8. The molecule has 2 aromatic heterocycles. The number of nitrogens with zero attached hydrogens (tertiary/aromatic N) is 2. The fraction of sp³-hybridized carbons (Fsp3) is 0.0455. The van der Waals surface area contributed by atoms with Gasteiger partial charge < -0.3 is 19.5 Å². The van der Waals surface area contributed by atoms with E-state index in [1.165, 1.54) is 0 Å². The first-order chi connectivity index (χ1) is 24.8. The van der Waals surface area contributed by atoms with Gasteiger partial charge in [0.05, 0.1) is 0 Å². The molecular weight excluding hydrogens is 617 g/mol. The molecule has 0 saturated carbocycles. The van der Waals surface area contributed by atoms with Gasteiger partial charge in [0.2, 0.25) is 5.88 Å². The maximum Gasteiger partial charge on any atom is 0.201 e. The Morgan fingerprint density at radius 1 is 0.600 bits per heavy atom. The normalized spacial score (nSPS) is 15.4. The summed E-state index contributed by atoms with van der Waals surface area (Å²) in [5, 5.41) is 10.2. The molecule has 6 aromatic carbocycles. The molecule has 0 fully saturated rings. The van der Waals surface area contributed by atoms with Crippen LogP contribution in [-0.2, 0) is 0 Å². The molecule has 1 unspecified atom stereocenters. The fourth-order valence-electron chi connectivity index (χ4n) is 7.28. The summed E-state index contributed by atoms with van der Waals surface area (Å²) in [7, 11) is 0. The molecule has 238 valence electrons. The van der Waals surface area contributed by atoms with E-state index in [2.05, 4.69) is 108 Å². The molecule has 6 nitrogen and oxygen atoms in total. The second-order valence-corrected chi connectivity index (χ2v) is 12.6. The zero-order valence-corrected chi connectivity index (χ0v) is 26.9. The summed E-state index contributed by atoms with van der Waals surface area (Å²) < 4.78 is 12.7. The van der Waals surface area contributed by atoms with Gasteiger partial charge in [-0.3, -0.25) is 0 Å². The van der Waals surface area contributed by atoms with Crippen LogP contribution in [0.3, 0.4) is 0 Å². The maximum atomic E-state index is 6.43. The largest absolute Gasteiger partial charge is 0.456 e. The lowest BCUT2D eigenvalue weighted by atomic mass is 9.91. The average Bonchev–Trinajstić information content (AvgIpc) is 3.77. The highest BCUT2D eigenvalue weighted by molar-refractivity contribution is 6.25. The van der Waals surface area contributed by atoms with E-state index < -0.39 is 0 Å². The lowest BCUT2D eigenvalue weighted by Crippen LogP contribution is -2.33. The van der Waals surface area contributed by atoms with E-state index in [1.807, 2.05) is 54.6 Å². The van der Waals surface area contributed by atoms with Crippen LogP contribution < -0.4 is 10.6 Å². The van der Waals surface area contributed by atoms with Crippen LogP contribution in [0.15, 0.2) is 164 Å². The van der Waals surface area contributed by atoms with Gasteiger partial charge in [-0.2, -0.15) is 0 Å². The molecule has 8 aromatic rings. The Labute approximate surface area is 288 Å². The van der Waals surface area contributed by atoms with Gasteiger partial charge in [-0.05, 0) is 58.1 Å². The van der Waals surface area contributed by atoms with Crippen molar-refractivity contribution in [3.05, 3.63) is 168 Å². The number of rotatable bonds is 5. The van der Waals surface area contributed by atoms with Crippen LogP contribution in [0.4, 0.5) is 5.88 Å². The van der Waals surface area contributed by atoms with Crippen molar-refractivity contribution in [1.29, 1.82) is 0 Å². The van der Waals surface area contributed by atoms with E-state index in [-0.39, 0.29) is 6.17 Å². The minimum absolute atomic E-state index is 0.387. The molecule has 0 amide bonds. The van der Waals surface area contributed by atoms with Crippen LogP contribution in [0.1, 0.15) is 28.4 Å². The second kappa shape index (κ2) is 11.5. The molecule has 2 N–H and O–H groups in total. The standard InChI is InChI=1S/C44H30N4O2/c1-3-12-27(13-4-1)29-16-9-17-30(26-29)31-23-24-37-39(34-20-11-25-45-44(34)50-37)40(31)43-47-41(28-14-5-2-6-15-28)46-42(48-43)33-19-10-22-36-38(33)32-18-7-8-21-35(32)49-36/h1-24,26,41,45H,25H2,(H,46,47,48). The fourth-order valence-corrected chi connectivity index (χ4v) is 7.28. The van der Waals surface area contributed by atoms with E-state index >= 15 is 0 Å². The summed E-state index contributed by atoms with van der Waals surface area (Å²) >= 11 is 0. The molecule has 0 radical (unpaired) electrons. The first-order valence-corrected chi connectivity index (χ1v) is 16.8. The van der Waals surface area contributed by atoms with Crippen molar-refractivity contribution in [1.82, 2.24) is 5.32 Å². The third-order valence-electron chi connectivity index (χ3n) is 9.58. The highest BCUT2D eigenvalue weighted by atomic mass is 16.4. The average molecular weight is 647 g/mol. The van der Waals surface area contributed by atoms with Gasteiger partial charge >= 0.3 is 0 Å². The Hall–Kier alpha value is -6.66. The monoisotopic (exact) mass is 646 g/mol. The number of nitrogens with one attached hydrogen (secondary N) is 2. The molecule has 6 heteroatoms. The zero-order chi connectivity index (χ0) is 33.0. The van der Waals surface area contributed by atoms with Crippen molar-refractivity contribution in [2.24, 2.45) is 9.98 Å². The van der Waals surface area contributed by atoms with Gasteiger partial charge in [-0.25, -0.2) is 9.98 Å². The summed E-state index contributed by atoms with van der Waals surface area (Å²) in [4.78, 5) is 10.8. The van der Waals surface area contributed by atoms with E-state index in [9.17, 15) is 0 Å². The van der Waals surface area contributed by atoms with Gasteiger partial charge in [0.1, 0.15) is 28.8 Å². The van der Waals surface area contributed by atoms with Gasteiger partial charge in [0.15, 0.2) is 5.84 Å². The lowest BCUT2D eigenvalue weighted by Gasteiger charge is -2.25. The third kappa shape index (κ3) is 4.65. The van der Waals surface area contributed by atoms with Crippen LogP contribution in [0.2, 0.25) is 0 Å². The van der Waals surface area contributed by atoms with Crippen molar-refractivity contribution in [3.63, 3.8) is 0 Å². The van der Waals surface area contributed by atoms with Gasteiger partial charge in [-0.1, -0.05) is 121 Å². The van der Waals surface area contributed by atoms with Crippen molar-refractivity contribution in [2.75, 3.05) is 11.9 Å². The Kier molecular flexibility index (Phi) is 6.52. The van der Waals surface area contributed by atoms with Gasteiger partial charge in [-0.15, -0.1) is 0 Å². The van der Waals surface area contributed by atoms with Crippen LogP contribution in [0, 0.1) is 0 Å². The summed E-state index contributed by atoms with van der Waals surface area (Å²) in [6, 6.07) is 48.0. The predicted molar refractivity (Wildman–Crippen MR) is 204 cm³/mol. The smallest absolute Gasteiger partial charge is 0.201 e. The zero-order valence-electron chi connectivity index (χ0n) is 26.9. The van der Waals surface area contributed by atoms with Crippen molar-refractivity contribution in [3.8, 4) is 22.3 Å². The molecule has 0 saturated heterocycles. The quantitative estimate of drug-likeness (QED) is 0.195. The van der Waals surface area contributed by atoms with Gasteiger partial charge in [0.25, 0.3) is 0 Å². The molecule has 10 rings (SSSR count). The molecule has 2 aliphatic rings. The molecule has 1 atom stereocenters. The van der Waals surface area contributed by atoms with Crippen LogP contribution >= 0.6 is 0 Å². The Bertz CT molecular complexity index is 2680. The Balaban J connectivity index is 1.25. The number of hydrogen-bond donors (Lipinski definition) is 2. The second-order valence-electron chi connectivity index (χ2n) is 12.6. The Morgan fingerprint density at radius 3 is 2.24 bits per heavy atom. The van der Waals surface area contributed by atoms with E-state index in [1.54, 1.807) is 0 Å². The molecule has 50 heavy (non-hydrogen) atoms. The number of anilines is 1. The highest BCUT2D eigenvalue weighted by Gasteiger charge is 2.29. The third-order valence-corrected chi connectivity index (χ3v) is 9.58. The molecular formula is C44H30N4O2. The number of benzene rings is 6. The summed E-state index contributed by atoms with van der Waals surface area (Å²) in [6.07, 6.45) is 3.88. The SMILES string of the molecule is C1=Cc2c(oc3ccc(-c4cccc(-c5ccccc5)c4)c(C4=NC(c5ccccc5)NC(c5cccc6oc7ccccc7c56)=N4)c23)NC1. The number of hydrogen-bond acceptors (Lipinski definition) is 6. The van der Waals surface area contributed by atoms with E-state index in [4.69, 9.17) is 18.8 Å². The van der Waals surface area contributed by atoms with Crippen LogP contribution in [0.25, 0.3) is 61.2 Å². The number of para-hydroxylation sites is 1. The van der Waals surface area contributed by atoms with Crippen LogP contribution in [-0.4, -0.2) is 18.2 Å². The minimum atomic E-state index is -0.387. The molecule has 0 aliphatic carbocycles. The molecule has 4 heterocycles. The van der Waals surface area contributed by atoms with Crippen LogP contribution in [0.5, 0.6) is 0 Å². The van der Waals surface area contributed by atoms with Crippen molar-refractivity contribution < 1.29 is 8.83 Å². The van der Waals surface area contributed by atoms with E-state index in [0.29, 0.717) is 12.4 Å². The number of amidine groups is 2. The Morgan fingerprint density at radius 2 is 1.34 bits per heavy atom. The topological polar surface area (TPSA) is 75.1 Å². The first-order valence-electron chi connectivity index (χ1n) is 16.8. The minimum Gasteiger partial charge on any atom is -0.456 e. The van der Waals surface area contributed by atoms with Gasteiger partial charge in [0, 0.05) is 39.4 Å². The molecule has 0 bridgehead atoms. The first kappa shape index (κ1) is 28.4. The number of furan rings is 2. The maximum absolute atomic E-state index is 6.43. The molecule has 0 spiro atoms. The summed E-state index contributed by atoms with van der Waals surface area (Å²) in [6.45, 7) is 0.708. The highest BCUT2D eigenvalue weighted by Crippen LogP contribution is 2.42. The number of fused-ring (bicyclic) bond motifs is 6. The van der Waals surface area contributed by atoms with Crippen molar-refractivity contribution in [2.45, 2.75) is 6.17 Å². The number of aliphatic imine (C=N–C) groups is 2.